The van der Waals surface area contributed by atoms with Crippen LogP contribution < -0.4 is 0 Å². The molecule has 2 aromatic rings. The molecule has 0 spiro atoms. The lowest BCUT2D eigenvalue weighted by molar-refractivity contribution is 1.57. The number of hydrogen-bond acceptors (Lipinski definition) is 0. The van der Waals surface area contributed by atoms with Gasteiger partial charge in [0, 0.05) is 5.88 Å². The predicted molar refractivity (Wildman–Crippen MR) is 71.5 cm³/mol. The van der Waals surface area contributed by atoms with Crippen LogP contribution in [0.2, 0.25) is 0 Å². The number of allylic oxidation sites excluding steroid dienone is 1. The van der Waals surface area contributed by atoms with E-state index < -0.39 is 0 Å². The van der Waals surface area contributed by atoms with Gasteiger partial charge in [-0.2, -0.15) is 0 Å². The van der Waals surface area contributed by atoms with Gasteiger partial charge in [0.2, 0.25) is 0 Å². The van der Waals surface area contributed by atoms with Crippen LogP contribution in [0.5, 0.6) is 0 Å². The van der Waals surface area contributed by atoms with Crippen molar-refractivity contribution in [3.63, 3.8) is 0 Å². The maximum Gasteiger partial charge on any atom is 0.0480 e. The van der Waals surface area contributed by atoms with Crippen molar-refractivity contribution in [3.8, 4) is 0 Å². The van der Waals surface area contributed by atoms with E-state index >= 15 is 0 Å². The fourth-order valence-electron chi connectivity index (χ4n) is 1.60. The summed E-state index contributed by atoms with van der Waals surface area (Å²) < 4.78 is 0. The van der Waals surface area contributed by atoms with Crippen molar-refractivity contribution >= 4 is 23.3 Å². The van der Waals surface area contributed by atoms with Crippen molar-refractivity contribution in [2.75, 3.05) is 5.88 Å². The van der Waals surface area contributed by atoms with E-state index in [0.29, 0.717) is 5.88 Å². The Morgan fingerprint density at radius 1 is 0.875 bits per heavy atom. The molecule has 2 rings (SSSR count). The van der Waals surface area contributed by atoms with Crippen LogP contribution in [0.4, 0.5) is 0 Å². The molecule has 0 unspecified atom stereocenters. The average molecular weight is 229 g/mol. The highest BCUT2D eigenvalue weighted by Crippen LogP contribution is 2.19. The van der Waals surface area contributed by atoms with Gasteiger partial charge in [0.25, 0.3) is 0 Å². The molecule has 0 N–H and O–H groups in total. The second-order valence-electron chi connectivity index (χ2n) is 3.58. The van der Waals surface area contributed by atoms with Crippen molar-refractivity contribution in [1.29, 1.82) is 0 Å². The molecular weight excluding hydrogens is 216 g/mol. The van der Waals surface area contributed by atoms with E-state index in [1.807, 2.05) is 36.4 Å². The van der Waals surface area contributed by atoms with Gasteiger partial charge in [0.05, 0.1) is 0 Å². The molecule has 0 bridgehead atoms. The molecule has 0 fully saturated rings. The van der Waals surface area contributed by atoms with Crippen molar-refractivity contribution in [2.24, 2.45) is 0 Å². The summed E-state index contributed by atoms with van der Waals surface area (Å²) in [6.45, 7) is 0. The minimum Gasteiger partial charge on any atom is -0.122 e. The number of hydrogen-bond donors (Lipinski definition) is 0. The molecule has 0 aliphatic heterocycles. The van der Waals surface area contributed by atoms with Crippen LogP contribution in [0.15, 0.2) is 60.7 Å². The fourth-order valence-corrected chi connectivity index (χ4v) is 1.83. The highest BCUT2D eigenvalue weighted by atomic mass is 35.5. The first-order valence-corrected chi connectivity index (χ1v) is 5.80. The first-order valence-electron chi connectivity index (χ1n) is 5.27. The Kier molecular flexibility index (Phi) is 3.79. The molecule has 0 saturated carbocycles. The Bertz CT molecular complexity index is 457. The third kappa shape index (κ3) is 2.74. The predicted octanol–water partition coefficient (Wildman–Crippen LogP) is 4.47. The van der Waals surface area contributed by atoms with Gasteiger partial charge >= 0.3 is 0 Å². The standard InChI is InChI=1S/C15H13Cl/c16-12-15(14-9-5-2-6-10-14)11-13-7-3-1-4-8-13/h1-11H,12H2/b15-11+. The number of halogens is 1. The first kappa shape index (κ1) is 11.0. The number of alkyl halides is 1. The van der Waals surface area contributed by atoms with Crippen LogP contribution in [0, 0.1) is 0 Å². The topological polar surface area (TPSA) is 0 Å². The second kappa shape index (κ2) is 5.53. The quantitative estimate of drug-likeness (QED) is 0.537. The minimum absolute atomic E-state index is 0.527. The van der Waals surface area contributed by atoms with E-state index in [4.69, 9.17) is 11.6 Å². The van der Waals surface area contributed by atoms with Crippen molar-refractivity contribution in [3.05, 3.63) is 71.8 Å². The summed E-state index contributed by atoms with van der Waals surface area (Å²) in [5.74, 6) is 0.527. The fraction of sp³-hybridized carbons (Fsp3) is 0.0667. The van der Waals surface area contributed by atoms with Crippen LogP contribution in [-0.4, -0.2) is 5.88 Å². The number of rotatable bonds is 3. The van der Waals surface area contributed by atoms with E-state index in [1.54, 1.807) is 0 Å². The smallest absolute Gasteiger partial charge is 0.0480 e. The monoisotopic (exact) mass is 228 g/mol. The van der Waals surface area contributed by atoms with E-state index in [-0.39, 0.29) is 0 Å². The van der Waals surface area contributed by atoms with Gasteiger partial charge in [0.1, 0.15) is 0 Å². The highest BCUT2D eigenvalue weighted by Gasteiger charge is 1.99. The van der Waals surface area contributed by atoms with Gasteiger partial charge < -0.3 is 0 Å². The van der Waals surface area contributed by atoms with E-state index in [2.05, 4.69) is 30.3 Å². The van der Waals surface area contributed by atoms with Gasteiger partial charge in [-0.05, 0) is 22.8 Å². The Hall–Kier alpha value is -1.53. The zero-order chi connectivity index (χ0) is 11.2. The molecule has 1 heteroatoms. The van der Waals surface area contributed by atoms with Gasteiger partial charge in [0.15, 0.2) is 0 Å². The van der Waals surface area contributed by atoms with Crippen LogP contribution >= 0.6 is 11.6 Å². The average Bonchev–Trinajstić information content (AvgIpc) is 2.38. The lowest BCUT2D eigenvalue weighted by Gasteiger charge is -2.03. The molecular formula is C15H13Cl. The first-order chi connectivity index (χ1) is 7.90. The zero-order valence-electron chi connectivity index (χ0n) is 8.94. The van der Waals surface area contributed by atoms with Gasteiger partial charge in [-0.15, -0.1) is 11.6 Å². The van der Waals surface area contributed by atoms with Crippen molar-refractivity contribution < 1.29 is 0 Å². The molecule has 16 heavy (non-hydrogen) atoms. The molecule has 2 aromatic carbocycles. The Morgan fingerprint density at radius 3 is 2.00 bits per heavy atom. The molecule has 0 aliphatic carbocycles. The van der Waals surface area contributed by atoms with Crippen LogP contribution in [0.3, 0.4) is 0 Å². The third-order valence-corrected chi connectivity index (χ3v) is 2.72. The Labute approximate surface area is 101 Å². The lowest BCUT2D eigenvalue weighted by Crippen LogP contribution is -1.85. The van der Waals surface area contributed by atoms with Crippen LogP contribution in [0.1, 0.15) is 11.1 Å². The zero-order valence-corrected chi connectivity index (χ0v) is 9.69. The molecule has 80 valence electrons. The molecule has 0 saturated heterocycles. The normalized spacial score (nSPS) is 11.4. The molecule has 0 radical (unpaired) electrons. The second-order valence-corrected chi connectivity index (χ2v) is 3.85. The van der Waals surface area contributed by atoms with Crippen molar-refractivity contribution in [1.82, 2.24) is 0 Å². The largest absolute Gasteiger partial charge is 0.122 e. The summed E-state index contributed by atoms with van der Waals surface area (Å²) in [7, 11) is 0. The Morgan fingerprint density at radius 2 is 1.44 bits per heavy atom. The molecule has 0 nitrogen and oxygen atoms in total. The van der Waals surface area contributed by atoms with E-state index in [9.17, 15) is 0 Å². The molecule has 0 atom stereocenters. The maximum atomic E-state index is 5.98. The molecule has 0 heterocycles. The van der Waals surface area contributed by atoms with Gasteiger partial charge in [-0.1, -0.05) is 60.7 Å². The van der Waals surface area contributed by atoms with Gasteiger partial charge in [-0.3, -0.25) is 0 Å². The lowest BCUT2D eigenvalue weighted by atomic mass is 10.0. The van der Waals surface area contributed by atoms with E-state index in [1.165, 1.54) is 11.1 Å². The SMILES string of the molecule is ClC/C(=C\c1ccccc1)c1ccccc1. The van der Waals surface area contributed by atoms with Crippen LogP contribution in [0.25, 0.3) is 11.6 Å². The summed E-state index contributed by atoms with van der Waals surface area (Å²) in [4.78, 5) is 0. The number of benzene rings is 2. The Balaban J connectivity index is 2.34. The molecule has 0 aliphatic rings. The summed E-state index contributed by atoms with van der Waals surface area (Å²) in [6.07, 6.45) is 2.13. The summed E-state index contributed by atoms with van der Waals surface area (Å²) in [5, 5.41) is 0. The minimum atomic E-state index is 0.527. The molecule has 0 amide bonds. The summed E-state index contributed by atoms with van der Waals surface area (Å²) in [5.41, 5.74) is 3.51. The summed E-state index contributed by atoms with van der Waals surface area (Å²) in [6, 6.07) is 20.5. The highest BCUT2D eigenvalue weighted by molar-refractivity contribution is 6.24. The third-order valence-electron chi connectivity index (χ3n) is 2.43. The van der Waals surface area contributed by atoms with Crippen LogP contribution in [-0.2, 0) is 0 Å². The van der Waals surface area contributed by atoms with Gasteiger partial charge in [-0.25, -0.2) is 0 Å². The maximum absolute atomic E-state index is 5.98. The summed E-state index contributed by atoms with van der Waals surface area (Å²) >= 11 is 5.98. The molecule has 0 aromatic heterocycles. The van der Waals surface area contributed by atoms with E-state index in [0.717, 1.165) is 5.57 Å². The van der Waals surface area contributed by atoms with Crippen molar-refractivity contribution in [2.45, 2.75) is 0 Å².